The van der Waals surface area contributed by atoms with Crippen molar-refractivity contribution in [2.24, 2.45) is 5.73 Å². The minimum Gasteiger partial charge on any atom is -0.365 e. The van der Waals surface area contributed by atoms with Crippen molar-refractivity contribution in [1.29, 1.82) is 5.26 Å². The van der Waals surface area contributed by atoms with E-state index in [-0.39, 0.29) is 15.8 Å². The number of aryl methyl sites for hydroxylation is 2. The summed E-state index contributed by atoms with van der Waals surface area (Å²) in [5.41, 5.74) is 8.05. The third-order valence-electron chi connectivity index (χ3n) is 4.25. The van der Waals surface area contributed by atoms with Crippen LogP contribution in [0.2, 0.25) is 0 Å². The number of nitriles is 1. The van der Waals surface area contributed by atoms with Crippen LogP contribution in [0.15, 0.2) is 51.7 Å². The van der Waals surface area contributed by atoms with E-state index in [0.29, 0.717) is 10.2 Å². The smallest absolute Gasteiger partial charge is 0.273 e. The highest BCUT2D eigenvalue weighted by Crippen LogP contribution is 2.17. The second kappa shape index (κ2) is 7.97. The average molecular weight is 454 g/mol. The lowest BCUT2D eigenvalue weighted by molar-refractivity contribution is -0.112. The van der Waals surface area contributed by atoms with E-state index in [4.69, 9.17) is 5.73 Å². The van der Waals surface area contributed by atoms with Crippen molar-refractivity contribution in [1.82, 2.24) is 4.57 Å². The highest BCUT2D eigenvalue weighted by atomic mass is 79.9. The minimum atomic E-state index is -0.865. The number of hydrogen-bond acceptors (Lipinski definition) is 4. The van der Waals surface area contributed by atoms with Crippen LogP contribution in [0.3, 0.4) is 0 Å². The number of carbonyl (C=O) groups excluding carboxylic acids is 1. The Bertz CT molecular complexity index is 1290. The first-order valence-electron chi connectivity index (χ1n) is 8.34. The molecule has 3 rings (SSSR count). The fourth-order valence-corrected chi connectivity index (χ4v) is 4.44. The van der Waals surface area contributed by atoms with Crippen LogP contribution in [0, 0.1) is 25.2 Å². The molecule has 0 atom stereocenters. The van der Waals surface area contributed by atoms with Gasteiger partial charge in [0.15, 0.2) is 5.57 Å². The van der Waals surface area contributed by atoms with Crippen molar-refractivity contribution in [3.63, 3.8) is 0 Å². The van der Waals surface area contributed by atoms with E-state index in [1.165, 1.54) is 4.57 Å². The van der Waals surface area contributed by atoms with Gasteiger partial charge in [-0.05, 0) is 42.7 Å². The van der Waals surface area contributed by atoms with E-state index in [2.05, 4.69) is 15.9 Å². The summed E-state index contributed by atoms with van der Waals surface area (Å²) >= 11 is 4.55. The zero-order chi connectivity index (χ0) is 20.4. The molecule has 1 heterocycles. The van der Waals surface area contributed by atoms with Gasteiger partial charge in [0, 0.05) is 4.47 Å². The summed E-state index contributed by atoms with van der Waals surface area (Å²) in [5, 5.41) is 9.48. The summed E-state index contributed by atoms with van der Waals surface area (Å²) in [5.74, 6) is -0.865. The maximum absolute atomic E-state index is 13.3. The number of hydrogen-bond donors (Lipinski definition) is 1. The highest BCUT2D eigenvalue weighted by molar-refractivity contribution is 9.10. The van der Waals surface area contributed by atoms with Crippen LogP contribution >= 0.6 is 27.3 Å². The summed E-state index contributed by atoms with van der Waals surface area (Å²) in [6, 6.07) is 15.0. The molecule has 0 aliphatic heterocycles. The van der Waals surface area contributed by atoms with Crippen molar-refractivity contribution >= 4 is 44.8 Å². The standard InChI is InChI=1S/C21H16BrN3O2S/c1-12-6-5-7-13(2)18(12)25-20(27)17(10-14-8-3-4-9-16(14)22)28-21(25)15(11-23)19(24)26/h3-10H,1-2H3,(H2,24,26)/b17-10+,21-15+. The second-order valence-electron chi connectivity index (χ2n) is 6.17. The number of amides is 1. The molecule has 140 valence electrons. The normalized spacial score (nSPS) is 12.6. The molecule has 3 aromatic rings. The van der Waals surface area contributed by atoms with Gasteiger partial charge in [0.05, 0.1) is 10.2 Å². The van der Waals surface area contributed by atoms with E-state index >= 15 is 0 Å². The molecule has 0 aliphatic rings. The lowest BCUT2D eigenvalue weighted by atomic mass is 10.1. The van der Waals surface area contributed by atoms with Gasteiger partial charge < -0.3 is 5.73 Å². The number of nitrogens with zero attached hydrogens (tertiary/aromatic N) is 2. The average Bonchev–Trinajstić information content (AvgIpc) is 2.94. The van der Waals surface area contributed by atoms with Gasteiger partial charge in [-0.25, -0.2) is 0 Å². The van der Waals surface area contributed by atoms with Crippen LogP contribution in [-0.4, -0.2) is 10.5 Å². The number of benzene rings is 2. The predicted molar refractivity (Wildman–Crippen MR) is 115 cm³/mol. The first kappa shape index (κ1) is 19.8. The van der Waals surface area contributed by atoms with Crippen molar-refractivity contribution in [3.05, 3.63) is 83.2 Å². The summed E-state index contributed by atoms with van der Waals surface area (Å²) in [6.45, 7) is 3.76. The molecular formula is C21H16BrN3O2S. The van der Waals surface area contributed by atoms with Gasteiger partial charge in [0.2, 0.25) is 0 Å². The van der Waals surface area contributed by atoms with Gasteiger partial charge in [-0.1, -0.05) is 52.3 Å². The molecule has 0 radical (unpaired) electrons. The molecule has 0 bridgehead atoms. The molecule has 28 heavy (non-hydrogen) atoms. The van der Waals surface area contributed by atoms with Crippen molar-refractivity contribution < 1.29 is 4.79 Å². The Labute approximate surface area is 173 Å². The second-order valence-corrected chi connectivity index (χ2v) is 8.05. The van der Waals surface area contributed by atoms with Gasteiger partial charge in [-0.2, -0.15) is 5.26 Å². The zero-order valence-electron chi connectivity index (χ0n) is 15.2. The molecule has 1 aromatic heterocycles. The molecule has 7 heteroatoms. The zero-order valence-corrected chi connectivity index (χ0v) is 17.6. The Morgan fingerprint density at radius 3 is 2.39 bits per heavy atom. The molecule has 0 unspecified atom stereocenters. The van der Waals surface area contributed by atoms with Crippen molar-refractivity contribution in [3.8, 4) is 11.8 Å². The fraction of sp³-hybridized carbons (Fsp3) is 0.0952. The van der Waals surface area contributed by atoms with Gasteiger partial charge in [-0.15, -0.1) is 11.3 Å². The number of carbonyl (C=O) groups is 1. The molecule has 0 aliphatic carbocycles. The van der Waals surface area contributed by atoms with Gasteiger partial charge in [0.1, 0.15) is 10.7 Å². The lowest BCUT2D eigenvalue weighted by Gasteiger charge is -2.10. The Morgan fingerprint density at radius 1 is 1.18 bits per heavy atom. The monoisotopic (exact) mass is 453 g/mol. The van der Waals surface area contributed by atoms with Crippen LogP contribution < -0.4 is 20.5 Å². The highest BCUT2D eigenvalue weighted by Gasteiger charge is 2.17. The number of primary amides is 1. The number of halogens is 1. The molecule has 1 amide bonds. The summed E-state index contributed by atoms with van der Waals surface area (Å²) in [7, 11) is 0. The van der Waals surface area contributed by atoms with Gasteiger partial charge in [0.25, 0.3) is 11.5 Å². The molecule has 5 nitrogen and oxygen atoms in total. The van der Waals surface area contributed by atoms with Crippen LogP contribution in [-0.2, 0) is 4.79 Å². The largest absolute Gasteiger partial charge is 0.365 e. The van der Waals surface area contributed by atoms with E-state index in [1.807, 2.05) is 62.4 Å². The van der Waals surface area contributed by atoms with E-state index in [9.17, 15) is 14.9 Å². The third-order valence-corrected chi connectivity index (χ3v) is 6.07. The molecule has 0 fully saturated rings. The Kier molecular flexibility index (Phi) is 5.63. The Morgan fingerprint density at radius 2 is 1.82 bits per heavy atom. The number of para-hydroxylation sites is 1. The Balaban J connectivity index is 2.52. The number of aromatic nitrogens is 1. The first-order chi connectivity index (χ1) is 13.3. The number of thiazole rings is 1. The Hall–Kier alpha value is -2.95. The van der Waals surface area contributed by atoms with E-state index in [0.717, 1.165) is 32.5 Å². The first-order valence-corrected chi connectivity index (χ1v) is 9.95. The van der Waals surface area contributed by atoms with Crippen molar-refractivity contribution in [2.45, 2.75) is 13.8 Å². The lowest BCUT2D eigenvalue weighted by Crippen LogP contribution is -2.33. The topological polar surface area (TPSA) is 88.9 Å². The van der Waals surface area contributed by atoms with Crippen LogP contribution in [0.25, 0.3) is 17.3 Å². The van der Waals surface area contributed by atoms with Crippen molar-refractivity contribution in [2.75, 3.05) is 0 Å². The maximum Gasteiger partial charge on any atom is 0.273 e. The molecular weight excluding hydrogens is 438 g/mol. The van der Waals surface area contributed by atoms with Crippen LogP contribution in [0.1, 0.15) is 16.7 Å². The number of nitrogens with two attached hydrogens (primary N) is 1. The minimum absolute atomic E-state index is 0.232. The van der Waals surface area contributed by atoms with Crippen LogP contribution in [0.4, 0.5) is 0 Å². The van der Waals surface area contributed by atoms with Gasteiger partial charge >= 0.3 is 0 Å². The molecule has 0 spiro atoms. The quantitative estimate of drug-likeness (QED) is 0.659. The van der Waals surface area contributed by atoms with Gasteiger partial charge in [-0.3, -0.25) is 14.2 Å². The summed E-state index contributed by atoms with van der Waals surface area (Å²) in [6.07, 6.45) is 1.74. The summed E-state index contributed by atoms with van der Waals surface area (Å²) in [4.78, 5) is 25.2. The molecule has 2 aromatic carbocycles. The van der Waals surface area contributed by atoms with E-state index < -0.39 is 5.91 Å². The fourth-order valence-electron chi connectivity index (χ4n) is 2.95. The van der Waals surface area contributed by atoms with E-state index in [1.54, 1.807) is 6.08 Å². The third kappa shape index (κ3) is 3.57. The summed E-state index contributed by atoms with van der Waals surface area (Å²) < 4.78 is 2.89. The SMILES string of the molecule is Cc1cccc(C)c1-n1c(=O)/c(=C\c2ccccc2Br)s/c1=C(\C#N)C(N)=O. The maximum atomic E-state index is 13.3. The predicted octanol–water partition coefficient (Wildman–Crippen LogP) is 2.27. The molecule has 2 N–H and O–H groups in total. The molecule has 0 saturated heterocycles. The van der Waals surface area contributed by atoms with Crippen LogP contribution in [0.5, 0.6) is 0 Å². The molecule has 0 saturated carbocycles. The number of rotatable bonds is 3.